The van der Waals surface area contributed by atoms with Crippen LogP contribution in [0.2, 0.25) is 0 Å². The molecular weight excluding hydrogens is 392 g/mol. The van der Waals surface area contributed by atoms with Gasteiger partial charge in [0.25, 0.3) is 0 Å². The molecule has 4 rings (SSSR count). The third kappa shape index (κ3) is 5.32. The first kappa shape index (κ1) is 21.9. The fourth-order valence-corrected chi connectivity index (χ4v) is 4.20. The highest BCUT2D eigenvalue weighted by molar-refractivity contribution is 5.18. The second-order valence-corrected chi connectivity index (χ2v) is 7.75. The molecule has 0 bridgehead atoms. The third-order valence-electron chi connectivity index (χ3n) is 5.59. The minimum absolute atomic E-state index is 0.195. The van der Waals surface area contributed by atoms with Crippen molar-refractivity contribution < 1.29 is 23.7 Å². The van der Waals surface area contributed by atoms with E-state index in [0.717, 1.165) is 5.56 Å². The molecule has 0 spiro atoms. The van der Waals surface area contributed by atoms with Crippen molar-refractivity contribution in [3.05, 3.63) is 97.1 Å². The summed E-state index contributed by atoms with van der Waals surface area (Å²) in [5.74, 6) is 0. The monoisotopic (exact) mass is 422 g/mol. The molecule has 2 aromatic rings. The standard InChI is InChI=1S/C26H30O5/c1-3-15-27-23-21(17-19-11-7-5-8-12-19)30-22-18-29-26(20-13-9-6-10-14-20)31-24(22)25(23)28-16-4-2/h3-14,21-26H,1-2,15-18H2/t21-,22+,23-,24+,25+,26+/m0/s1. The molecule has 2 aliphatic rings. The summed E-state index contributed by atoms with van der Waals surface area (Å²) < 4.78 is 31.3. The zero-order chi connectivity index (χ0) is 21.5. The van der Waals surface area contributed by atoms with E-state index < -0.39 is 6.29 Å². The summed E-state index contributed by atoms with van der Waals surface area (Å²) in [6.07, 6.45) is 2.35. The average Bonchev–Trinajstić information content (AvgIpc) is 2.82. The van der Waals surface area contributed by atoms with Crippen LogP contribution in [-0.2, 0) is 30.1 Å². The molecule has 164 valence electrons. The van der Waals surface area contributed by atoms with Gasteiger partial charge in [0.05, 0.1) is 25.9 Å². The van der Waals surface area contributed by atoms with Gasteiger partial charge in [-0.05, 0) is 5.56 Å². The van der Waals surface area contributed by atoms with Crippen LogP contribution in [0.15, 0.2) is 86.0 Å². The Morgan fingerprint density at radius 3 is 2.16 bits per heavy atom. The Kier molecular flexibility index (Phi) is 7.67. The van der Waals surface area contributed by atoms with Crippen molar-refractivity contribution in [1.82, 2.24) is 0 Å². The molecule has 2 saturated heterocycles. The summed E-state index contributed by atoms with van der Waals surface area (Å²) in [6.45, 7) is 8.84. The molecule has 0 radical (unpaired) electrons. The smallest absolute Gasteiger partial charge is 0.184 e. The Hall–Kier alpha value is -2.28. The average molecular weight is 423 g/mol. The molecule has 0 aromatic heterocycles. The van der Waals surface area contributed by atoms with E-state index in [9.17, 15) is 0 Å². The van der Waals surface area contributed by atoms with Crippen molar-refractivity contribution in [3.8, 4) is 0 Å². The van der Waals surface area contributed by atoms with Gasteiger partial charge in [0, 0.05) is 12.0 Å². The first-order valence-corrected chi connectivity index (χ1v) is 10.8. The van der Waals surface area contributed by atoms with Gasteiger partial charge < -0.3 is 23.7 Å². The van der Waals surface area contributed by atoms with Crippen molar-refractivity contribution in [2.24, 2.45) is 0 Å². The van der Waals surface area contributed by atoms with E-state index in [1.54, 1.807) is 12.2 Å². The summed E-state index contributed by atoms with van der Waals surface area (Å²) in [5.41, 5.74) is 2.15. The molecule has 2 aromatic carbocycles. The molecule has 2 aliphatic heterocycles. The second-order valence-electron chi connectivity index (χ2n) is 7.75. The molecule has 0 N–H and O–H groups in total. The molecular formula is C26H30O5. The number of rotatable bonds is 9. The summed E-state index contributed by atoms with van der Waals surface area (Å²) in [5, 5.41) is 0. The van der Waals surface area contributed by atoms with Gasteiger partial charge >= 0.3 is 0 Å². The van der Waals surface area contributed by atoms with Crippen LogP contribution in [0.5, 0.6) is 0 Å². The zero-order valence-electron chi connectivity index (χ0n) is 17.7. The SMILES string of the molecule is C=CCO[C@@H]1[C@@H](OCC=C)[C@H](Cc2ccccc2)O[C@@H]2CO[C@@H](c3ccccc3)O[C@@H]12. The molecule has 0 saturated carbocycles. The van der Waals surface area contributed by atoms with Crippen molar-refractivity contribution in [3.63, 3.8) is 0 Å². The normalized spacial score (nSPS) is 30.3. The first-order valence-electron chi connectivity index (χ1n) is 10.8. The number of fused-ring (bicyclic) bond motifs is 1. The largest absolute Gasteiger partial charge is 0.369 e. The Labute approximate surface area is 184 Å². The molecule has 0 unspecified atom stereocenters. The van der Waals surface area contributed by atoms with E-state index in [4.69, 9.17) is 23.7 Å². The second kappa shape index (κ2) is 10.8. The van der Waals surface area contributed by atoms with Gasteiger partial charge in [-0.1, -0.05) is 72.8 Å². The summed E-state index contributed by atoms with van der Waals surface area (Å²) in [4.78, 5) is 0. The van der Waals surface area contributed by atoms with Gasteiger partial charge in [-0.2, -0.15) is 0 Å². The van der Waals surface area contributed by atoms with Crippen LogP contribution in [0.4, 0.5) is 0 Å². The van der Waals surface area contributed by atoms with Crippen molar-refractivity contribution in [1.29, 1.82) is 0 Å². The van der Waals surface area contributed by atoms with E-state index in [2.05, 4.69) is 25.3 Å². The summed E-state index contributed by atoms with van der Waals surface area (Å²) in [6, 6.07) is 20.2. The zero-order valence-corrected chi connectivity index (χ0v) is 17.7. The molecule has 0 aliphatic carbocycles. The molecule has 2 fully saturated rings. The maximum atomic E-state index is 6.48. The molecule has 5 heteroatoms. The Bertz CT molecular complexity index is 824. The minimum Gasteiger partial charge on any atom is -0.369 e. The highest BCUT2D eigenvalue weighted by Gasteiger charge is 2.50. The predicted octanol–water partition coefficient (Wildman–Crippen LogP) is 4.25. The quantitative estimate of drug-likeness (QED) is 0.566. The Balaban J connectivity index is 1.58. The highest BCUT2D eigenvalue weighted by atomic mass is 16.7. The highest BCUT2D eigenvalue weighted by Crippen LogP contribution is 2.37. The van der Waals surface area contributed by atoms with Crippen LogP contribution in [0.1, 0.15) is 17.4 Å². The minimum atomic E-state index is -0.466. The Morgan fingerprint density at radius 1 is 0.839 bits per heavy atom. The summed E-state index contributed by atoms with van der Waals surface area (Å²) in [7, 11) is 0. The van der Waals surface area contributed by atoms with Gasteiger partial charge in [0.15, 0.2) is 6.29 Å². The molecule has 6 atom stereocenters. The van der Waals surface area contributed by atoms with Gasteiger partial charge in [-0.15, -0.1) is 13.2 Å². The maximum Gasteiger partial charge on any atom is 0.184 e. The predicted molar refractivity (Wildman–Crippen MR) is 119 cm³/mol. The lowest BCUT2D eigenvalue weighted by atomic mass is 9.90. The Morgan fingerprint density at radius 2 is 1.48 bits per heavy atom. The lowest BCUT2D eigenvalue weighted by Crippen LogP contribution is -2.63. The number of ether oxygens (including phenoxy) is 5. The van der Waals surface area contributed by atoms with Crippen LogP contribution in [0.25, 0.3) is 0 Å². The van der Waals surface area contributed by atoms with Crippen molar-refractivity contribution in [2.75, 3.05) is 19.8 Å². The molecule has 31 heavy (non-hydrogen) atoms. The number of hydrogen-bond acceptors (Lipinski definition) is 5. The lowest BCUT2D eigenvalue weighted by molar-refractivity contribution is -0.335. The van der Waals surface area contributed by atoms with E-state index in [1.165, 1.54) is 5.56 Å². The van der Waals surface area contributed by atoms with E-state index >= 15 is 0 Å². The number of benzene rings is 2. The van der Waals surface area contributed by atoms with Crippen LogP contribution in [0.3, 0.4) is 0 Å². The molecule has 0 amide bonds. The molecule has 5 nitrogen and oxygen atoms in total. The van der Waals surface area contributed by atoms with Gasteiger partial charge in [0.2, 0.25) is 0 Å². The van der Waals surface area contributed by atoms with Gasteiger partial charge in [-0.25, -0.2) is 0 Å². The van der Waals surface area contributed by atoms with Crippen LogP contribution in [0, 0.1) is 0 Å². The van der Waals surface area contributed by atoms with Crippen LogP contribution >= 0.6 is 0 Å². The maximum absolute atomic E-state index is 6.48. The van der Waals surface area contributed by atoms with Crippen molar-refractivity contribution in [2.45, 2.75) is 43.2 Å². The first-order chi connectivity index (χ1) is 15.3. The van der Waals surface area contributed by atoms with E-state index in [1.807, 2.05) is 48.5 Å². The lowest BCUT2D eigenvalue weighted by Gasteiger charge is -2.49. The van der Waals surface area contributed by atoms with Crippen LogP contribution < -0.4 is 0 Å². The topological polar surface area (TPSA) is 46.2 Å². The fraction of sp³-hybridized carbons (Fsp3) is 0.385. The van der Waals surface area contributed by atoms with Gasteiger partial charge in [0.1, 0.15) is 24.4 Å². The van der Waals surface area contributed by atoms with E-state index in [-0.39, 0.29) is 30.5 Å². The van der Waals surface area contributed by atoms with Gasteiger partial charge in [-0.3, -0.25) is 0 Å². The van der Waals surface area contributed by atoms with Crippen LogP contribution in [-0.4, -0.2) is 50.3 Å². The molecule has 2 heterocycles. The van der Waals surface area contributed by atoms with Crippen molar-refractivity contribution >= 4 is 0 Å². The van der Waals surface area contributed by atoms with E-state index in [0.29, 0.717) is 26.2 Å². The number of hydrogen-bond donors (Lipinski definition) is 0. The fourth-order valence-electron chi connectivity index (χ4n) is 4.20. The summed E-state index contributed by atoms with van der Waals surface area (Å²) >= 11 is 0. The third-order valence-corrected chi connectivity index (χ3v) is 5.59.